The Kier molecular flexibility index (Phi) is 3.66. The summed E-state index contributed by atoms with van der Waals surface area (Å²) in [6, 6.07) is 4.31. The molecule has 1 aromatic carbocycles. The summed E-state index contributed by atoms with van der Waals surface area (Å²) in [5.74, 6) is 0.0351. The highest BCUT2D eigenvalue weighted by atomic mass is 16.6. The number of carbonyl (C=O) groups is 2. The lowest BCUT2D eigenvalue weighted by atomic mass is 10.1. The second-order valence-corrected chi connectivity index (χ2v) is 4.95. The van der Waals surface area contributed by atoms with Crippen molar-refractivity contribution in [2.45, 2.75) is 6.04 Å². The van der Waals surface area contributed by atoms with Gasteiger partial charge < -0.3 is 24.8 Å². The minimum absolute atomic E-state index is 0.155. The molecule has 0 saturated carbocycles. The van der Waals surface area contributed by atoms with Crippen LogP contribution in [0.5, 0.6) is 11.5 Å². The van der Waals surface area contributed by atoms with Gasteiger partial charge in [-0.05, 0) is 18.2 Å². The third-order valence-electron chi connectivity index (χ3n) is 3.55. The molecule has 1 amide bonds. The molecule has 7 nitrogen and oxygen atoms in total. The molecule has 0 aromatic heterocycles. The molecule has 1 atom stereocenters. The maximum atomic E-state index is 12.5. The van der Waals surface area contributed by atoms with Gasteiger partial charge in [0.1, 0.15) is 19.3 Å². The van der Waals surface area contributed by atoms with Crippen LogP contribution in [0.25, 0.3) is 0 Å². The maximum Gasteiger partial charge on any atom is 0.322 e. The number of hydrogen-bond donors (Lipinski definition) is 2. The van der Waals surface area contributed by atoms with Crippen molar-refractivity contribution in [2.75, 3.05) is 32.8 Å². The van der Waals surface area contributed by atoms with E-state index >= 15 is 0 Å². The number of ether oxygens (including phenoxy) is 2. The van der Waals surface area contributed by atoms with Crippen LogP contribution >= 0.6 is 0 Å². The summed E-state index contributed by atoms with van der Waals surface area (Å²) in [6.45, 7) is 2.06. The molecule has 2 N–H and O–H groups in total. The molecule has 0 aliphatic carbocycles. The van der Waals surface area contributed by atoms with Gasteiger partial charge in [-0.1, -0.05) is 0 Å². The number of benzene rings is 1. The standard InChI is InChI=1S/C14H16N2O5/c17-13(16-4-3-15-10(8-16)14(18)19)9-1-2-11-12(7-9)21-6-5-20-11/h1-2,7,10,15H,3-6,8H2,(H,18,19). The van der Waals surface area contributed by atoms with E-state index in [0.29, 0.717) is 43.4 Å². The van der Waals surface area contributed by atoms with Gasteiger partial charge in [0.25, 0.3) is 5.91 Å². The van der Waals surface area contributed by atoms with Crippen LogP contribution < -0.4 is 14.8 Å². The number of carboxylic acid groups (broad SMARTS) is 1. The number of fused-ring (bicyclic) bond motifs is 1. The maximum absolute atomic E-state index is 12.5. The normalized spacial score (nSPS) is 21.0. The highest BCUT2D eigenvalue weighted by Crippen LogP contribution is 2.31. The Morgan fingerprint density at radius 3 is 2.76 bits per heavy atom. The van der Waals surface area contributed by atoms with E-state index in [1.807, 2.05) is 0 Å². The van der Waals surface area contributed by atoms with Gasteiger partial charge >= 0.3 is 5.97 Å². The zero-order valence-corrected chi connectivity index (χ0v) is 11.4. The predicted molar refractivity (Wildman–Crippen MR) is 72.8 cm³/mol. The van der Waals surface area contributed by atoms with Gasteiger partial charge in [0.15, 0.2) is 11.5 Å². The van der Waals surface area contributed by atoms with E-state index in [-0.39, 0.29) is 12.5 Å². The average molecular weight is 292 g/mol. The molecule has 0 spiro atoms. The van der Waals surface area contributed by atoms with Crippen molar-refractivity contribution in [1.29, 1.82) is 0 Å². The van der Waals surface area contributed by atoms with Crippen molar-refractivity contribution in [3.8, 4) is 11.5 Å². The lowest BCUT2D eigenvalue weighted by molar-refractivity contribution is -0.140. The molecular formula is C14H16N2O5. The van der Waals surface area contributed by atoms with Gasteiger partial charge in [-0.25, -0.2) is 0 Å². The van der Waals surface area contributed by atoms with Crippen LogP contribution in [0.3, 0.4) is 0 Å². The van der Waals surface area contributed by atoms with E-state index in [9.17, 15) is 9.59 Å². The lowest BCUT2D eigenvalue weighted by Crippen LogP contribution is -2.55. The smallest absolute Gasteiger partial charge is 0.322 e. The first-order valence-corrected chi connectivity index (χ1v) is 6.80. The topological polar surface area (TPSA) is 88.1 Å². The zero-order valence-electron chi connectivity index (χ0n) is 11.4. The average Bonchev–Trinajstić information content (AvgIpc) is 2.53. The number of piperazine rings is 1. The molecular weight excluding hydrogens is 276 g/mol. The van der Waals surface area contributed by atoms with Gasteiger partial charge in [0.05, 0.1) is 0 Å². The number of carboxylic acids is 1. The number of carbonyl (C=O) groups excluding carboxylic acids is 1. The molecule has 0 bridgehead atoms. The van der Waals surface area contributed by atoms with Crippen molar-refractivity contribution in [2.24, 2.45) is 0 Å². The van der Waals surface area contributed by atoms with Crippen LogP contribution in [0, 0.1) is 0 Å². The Morgan fingerprint density at radius 1 is 1.24 bits per heavy atom. The number of amides is 1. The van der Waals surface area contributed by atoms with Gasteiger partial charge in [0, 0.05) is 25.2 Å². The SMILES string of the molecule is O=C(O)C1CN(C(=O)c2ccc3c(c2)OCCO3)CCN1. The lowest BCUT2D eigenvalue weighted by Gasteiger charge is -2.31. The van der Waals surface area contributed by atoms with Crippen molar-refractivity contribution in [3.05, 3.63) is 23.8 Å². The molecule has 1 aromatic rings. The van der Waals surface area contributed by atoms with Crippen molar-refractivity contribution in [3.63, 3.8) is 0 Å². The van der Waals surface area contributed by atoms with Crippen molar-refractivity contribution in [1.82, 2.24) is 10.2 Å². The summed E-state index contributed by atoms with van der Waals surface area (Å²) in [7, 11) is 0. The van der Waals surface area contributed by atoms with Crippen molar-refractivity contribution >= 4 is 11.9 Å². The molecule has 0 radical (unpaired) electrons. The zero-order chi connectivity index (χ0) is 14.8. The fourth-order valence-corrected chi connectivity index (χ4v) is 2.46. The van der Waals surface area contributed by atoms with E-state index in [1.165, 1.54) is 0 Å². The van der Waals surface area contributed by atoms with Gasteiger partial charge in [0.2, 0.25) is 0 Å². The second-order valence-electron chi connectivity index (χ2n) is 4.95. The highest BCUT2D eigenvalue weighted by Gasteiger charge is 2.28. The molecule has 1 unspecified atom stereocenters. The van der Waals surface area contributed by atoms with Gasteiger partial charge in [-0.3, -0.25) is 9.59 Å². The third-order valence-corrected chi connectivity index (χ3v) is 3.55. The summed E-state index contributed by atoms with van der Waals surface area (Å²) < 4.78 is 10.9. The molecule has 3 rings (SSSR count). The Balaban J connectivity index is 1.77. The van der Waals surface area contributed by atoms with Crippen LogP contribution in [0.1, 0.15) is 10.4 Å². The summed E-state index contributed by atoms with van der Waals surface area (Å²) in [4.78, 5) is 25.0. The molecule has 2 aliphatic rings. The number of aliphatic carboxylic acids is 1. The quantitative estimate of drug-likeness (QED) is 0.795. The van der Waals surface area contributed by atoms with Crippen LogP contribution in [0.2, 0.25) is 0 Å². The van der Waals surface area contributed by atoms with Gasteiger partial charge in [-0.15, -0.1) is 0 Å². The molecule has 7 heteroatoms. The van der Waals surface area contributed by atoms with Crippen LogP contribution in [-0.2, 0) is 4.79 Å². The largest absolute Gasteiger partial charge is 0.486 e. The van der Waals surface area contributed by atoms with E-state index in [2.05, 4.69) is 5.32 Å². The number of nitrogens with zero attached hydrogens (tertiary/aromatic N) is 1. The first-order valence-electron chi connectivity index (χ1n) is 6.80. The van der Waals surface area contributed by atoms with Crippen LogP contribution in [-0.4, -0.2) is 60.8 Å². The molecule has 2 aliphatic heterocycles. The fourth-order valence-electron chi connectivity index (χ4n) is 2.46. The Bertz CT molecular complexity index is 574. The van der Waals surface area contributed by atoms with Crippen LogP contribution in [0.15, 0.2) is 18.2 Å². The van der Waals surface area contributed by atoms with Gasteiger partial charge in [-0.2, -0.15) is 0 Å². The molecule has 1 saturated heterocycles. The first-order chi connectivity index (χ1) is 10.1. The molecule has 1 fully saturated rings. The van der Waals surface area contributed by atoms with E-state index in [0.717, 1.165) is 0 Å². The minimum atomic E-state index is -0.949. The monoisotopic (exact) mass is 292 g/mol. The number of nitrogens with one attached hydrogen (secondary N) is 1. The van der Waals surface area contributed by atoms with E-state index in [1.54, 1.807) is 23.1 Å². The summed E-state index contributed by atoms with van der Waals surface area (Å²) >= 11 is 0. The summed E-state index contributed by atoms with van der Waals surface area (Å²) in [6.07, 6.45) is 0. The highest BCUT2D eigenvalue weighted by molar-refractivity contribution is 5.95. The predicted octanol–water partition coefficient (Wildman–Crippen LogP) is -0.0436. The summed E-state index contributed by atoms with van der Waals surface area (Å²) in [5.41, 5.74) is 0.477. The molecule has 2 heterocycles. The fraction of sp³-hybridized carbons (Fsp3) is 0.429. The van der Waals surface area contributed by atoms with Crippen molar-refractivity contribution < 1.29 is 24.2 Å². The summed E-state index contributed by atoms with van der Waals surface area (Å²) in [5, 5.41) is 11.9. The number of hydrogen-bond acceptors (Lipinski definition) is 5. The Hall–Kier alpha value is -2.28. The molecule has 112 valence electrons. The van der Waals surface area contributed by atoms with E-state index < -0.39 is 12.0 Å². The Labute approximate surface area is 121 Å². The Morgan fingerprint density at radius 2 is 2.00 bits per heavy atom. The van der Waals surface area contributed by atoms with Crippen LogP contribution in [0.4, 0.5) is 0 Å². The number of rotatable bonds is 2. The first kappa shape index (κ1) is 13.7. The second kappa shape index (κ2) is 5.61. The third kappa shape index (κ3) is 2.78. The minimum Gasteiger partial charge on any atom is -0.486 e. The van der Waals surface area contributed by atoms with E-state index in [4.69, 9.17) is 14.6 Å². The molecule has 21 heavy (non-hydrogen) atoms.